The van der Waals surface area contributed by atoms with Crippen molar-refractivity contribution in [3.05, 3.63) is 0 Å². The van der Waals surface area contributed by atoms with Crippen LogP contribution in [-0.4, -0.2) is 60.9 Å². The molecule has 0 spiro atoms. The lowest BCUT2D eigenvalue weighted by molar-refractivity contribution is -0.140. The normalized spacial score (nSPS) is 13.4. The highest BCUT2D eigenvalue weighted by Gasteiger charge is 2.21. The minimum absolute atomic E-state index is 0.177. The molecule has 0 aliphatic carbocycles. The van der Waals surface area contributed by atoms with Crippen LogP contribution in [0.3, 0.4) is 0 Å². The minimum atomic E-state index is -0.769. The van der Waals surface area contributed by atoms with Gasteiger partial charge in [0, 0.05) is 32.3 Å². The van der Waals surface area contributed by atoms with Crippen molar-refractivity contribution in [2.24, 2.45) is 0 Å². The molecular formula is C15H32N2O3. The average Bonchev–Trinajstić information content (AvgIpc) is 2.39. The second kappa shape index (κ2) is 11.1. The van der Waals surface area contributed by atoms with Gasteiger partial charge in [-0.3, -0.25) is 9.69 Å². The number of rotatable bonds is 12. The second-order valence-corrected chi connectivity index (χ2v) is 5.50. The molecule has 0 amide bonds. The van der Waals surface area contributed by atoms with Gasteiger partial charge in [-0.25, -0.2) is 0 Å². The van der Waals surface area contributed by atoms with Gasteiger partial charge in [0.25, 0.3) is 0 Å². The Morgan fingerprint density at radius 2 is 1.85 bits per heavy atom. The van der Waals surface area contributed by atoms with E-state index in [9.17, 15) is 9.90 Å². The third-order valence-corrected chi connectivity index (χ3v) is 3.58. The molecule has 1 atom stereocenters. The summed E-state index contributed by atoms with van der Waals surface area (Å²) in [6, 6.07) is 0.199. The number of carboxylic acids is 1. The fourth-order valence-corrected chi connectivity index (χ4v) is 2.47. The van der Waals surface area contributed by atoms with Gasteiger partial charge in [0.1, 0.15) is 6.04 Å². The zero-order valence-electron chi connectivity index (χ0n) is 13.7. The molecule has 0 aliphatic heterocycles. The summed E-state index contributed by atoms with van der Waals surface area (Å²) >= 11 is 0. The molecule has 0 bridgehead atoms. The monoisotopic (exact) mass is 288 g/mol. The van der Waals surface area contributed by atoms with Gasteiger partial charge in [0.15, 0.2) is 0 Å². The first kappa shape index (κ1) is 19.4. The average molecular weight is 288 g/mol. The van der Waals surface area contributed by atoms with Crippen LogP contribution in [0.25, 0.3) is 0 Å². The predicted molar refractivity (Wildman–Crippen MR) is 82.1 cm³/mol. The summed E-state index contributed by atoms with van der Waals surface area (Å²) in [7, 11) is 1.70. The lowest BCUT2D eigenvalue weighted by atomic mass is 10.1. The number of ether oxygens (including phenoxy) is 1. The van der Waals surface area contributed by atoms with Crippen molar-refractivity contribution in [3.63, 3.8) is 0 Å². The van der Waals surface area contributed by atoms with Crippen LogP contribution in [0.4, 0.5) is 0 Å². The molecule has 5 nitrogen and oxygen atoms in total. The zero-order valence-corrected chi connectivity index (χ0v) is 13.7. The molecular weight excluding hydrogens is 256 g/mol. The smallest absolute Gasteiger partial charge is 0.320 e. The molecule has 0 aromatic rings. The van der Waals surface area contributed by atoms with Crippen molar-refractivity contribution in [2.45, 2.75) is 65.1 Å². The lowest BCUT2D eigenvalue weighted by Gasteiger charge is -2.31. The van der Waals surface area contributed by atoms with Crippen LogP contribution in [0.15, 0.2) is 0 Å². The van der Waals surface area contributed by atoms with Gasteiger partial charge in [0.05, 0.1) is 6.61 Å². The van der Waals surface area contributed by atoms with E-state index in [0.717, 1.165) is 25.9 Å². The quantitative estimate of drug-likeness (QED) is 0.575. The number of hydrogen-bond acceptors (Lipinski definition) is 4. The molecule has 0 fully saturated rings. The van der Waals surface area contributed by atoms with Crippen LogP contribution in [0.2, 0.25) is 0 Å². The molecule has 2 N–H and O–H groups in total. The number of nitrogens with zero attached hydrogens (tertiary/aromatic N) is 1. The molecule has 0 saturated carbocycles. The summed E-state index contributed by atoms with van der Waals surface area (Å²) in [6.07, 6.45) is 2.78. The number of nitrogens with one attached hydrogen (secondary N) is 1. The summed E-state index contributed by atoms with van der Waals surface area (Å²) in [4.78, 5) is 13.6. The molecule has 0 rings (SSSR count). The second-order valence-electron chi connectivity index (χ2n) is 5.50. The first-order valence-electron chi connectivity index (χ1n) is 7.67. The third-order valence-electron chi connectivity index (χ3n) is 3.58. The standard InChI is InChI=1S/C15H32N2O3/c1-6-13(7-2)17(10-11-20-5)9-8-14(15(18)19)16-12(3)4/h12-14,16H,6-11H2,1-5H3,(H,18,19). The van der Waals surface area contributed by atoms with Crippen LogP contribution >= 0.6 is 0 Å². The molecule has 0 radical (unpaired) electrons. The number of hydrogen-bond donors (Lipinski definition) is 2. The highest BCUT2D eigenvalue weighted by atomic mass is 16.5. The zero-order chi connectivity index (χ0) is 15.5. The molecule has 0 aliphatic rings. The van der Waals surface area contributed by atoms with Gasteiger partial charge in [-0.15, -0.1) is 0 Å². The Hall–Kier alpha value is -0.650. The maximum absolute atomic E-state index is 11.3. The van der Waals surface area contributed by atoms with Crippen molar-refractivity contribution >= 4 is 5.97 Å². The highest BCUT2D eigenvalue weighted by Crippen LogP contribution is 2.10. The first-order valence-corrected chi connectivity index (χ1v) is 7.67. The summed E-state index contributed by atoms with van der Waals surface area (Å²) in [5, 5.41) is 12.4. The molecule has 20 heavy (non-hydrogen) atoms. The SMILES string of the molecule is CCC(CC)N(CCOC)CCC(NC(C)C)C(=O)O. The van der Waals surface area contributed by atoms with Crippen LogP contribution < -0.4 is 5.32 Å². The van der Waals surface area contributed by atoms with Crippen LogP contribution in [0.1, 0.15) is 47.0 Å². The van der Waals surface area contributed by atoms with Gasteiger partial charge in [-0.1, -0.05) is 27.7 Å². The molecule has 0 saturated heterocycles. The maximum Gasteiger partial charge on any atom is 0.320 e. The van der Waals surface area contributed by atoms with E-state index in [4.69, 9.17) is 4.74 Å². The number of carbonyl (C=O) groups is 1. The fraction of sp³-hybridized carbons (Fsp3) is 0.933. The predicted octanol–water partition coefficient (Wildman–Crippen LogP) is 1.96. The van der Waals surface area contributed by atoms with E-state index in [1.807, 2.05) is 13.8 Å². The van der Waals surface area contributed by atoms with E-state index < -0.39 is 12.0 Å². The maximum atomic E-state index is 11.3. The highest BCUT2D eigenvalue weighted by molar-refractivity contribution is 5.73. The van der Waals surface area contributed by atoms with Crippen molar-refractivity contribution in [1.82, 2.24) is 10.2 Å². The molecule has 1 unspecified atom stereocenters. The Balaban J connectivity index is 4.49. The van der Waals surface area contributed by atoms with E-state index in [-0.39, 0.29) is 6.04 Å². The molecule has 5 heteroatoms. The topological polar surface area (TPSA) is 61.8 Å². The van der Waals surface area contributed by atoms with Gasteiger partial charge in [-0.2, -0.15) is 0 Å². The lowest BCUT2D eigenvalue weighted by Crippen LogP contribution is -2.45. The summed E-state index contributed by atoms with van der Waals surface area (Å²) in [5.41, 5.74) is 0. The molecule has 0 heterocycles. The summed E-state index contributed by atoms with van der Waals surface area (Å²) < 4.78 is 5.16. The van der Waals surface area contributed by atoms with E-state index in [2.05, 4.69) is 24.1 Å². The van der Waals surface area contributed by atoms with Crippen molar-refractivity contribution < 1.29 is 14.6 Å². The Morgan fingerprint density at radius 3 is 2.25 bits per heavy atom. The van der Waals surface area contributed by atoms with Gasteiger partial charge in [0.2, 0.25) is 0 Å². The largest absolute Gasteiger partial charge is 0.480 e. The summed E-state index contributed by atoms with van der Waals surface area (Å²) in [5.74, 6) is -0.769. The van der Waals surface area contributed by atoms with Gasteiger partial charge in [-0.05, 0) is 19.3 Å². The van der Waals surface area contributed by atoms with E-state index in [1.54, 1.807) is 7.11 Å². The summed E-state index contributed by atoms with van der Waals surface area (Å²) in [6.45, 7) is 10.6. The molecule has 120 valence electrons. The number of methoxy groups -OCH3 is 1. The van der Waals surface area contributed by atoms with Crippen molar-refractivity contribution in [1.29, 1.82) is 0 Å². The van der Waals surface area contributed by atoms with Crippen molar-refractivity contribution in [3.8, 4) is 0 Å². The molecule has 0 aromatic carbocycles. The van der Waals surface area contributed by atoms with Crippen molar-refractivity contribution in [2.75, 3.05) is 26.8 Å². The fourth-order valence-electron chi connectivity index (χ4n) is 2.47. The van der Waals surface area contributed by atoms with Crippen LogP contribution in [-0.2, 0) is 9.53 Å². The van der Waals surface area contributed by atoms with E-state index in [1.165, 1.54) is 0 Å². The Bertz CT molecular complexity index is 256. The molecule has 0 aromatic heterocycles. The Labute approximate surface area is 123 Å². The van der Waals surface area contributed by atoms with E-state index in [0.29, 0.717) is 19.1 Å². The Morgan fingerprint density at radius 1 is 1.25 bits per heavy atom. The van der Waals surface area contributed by atoms with Crippen LogP contribution in [0.5, 0.6) is 0 Å². The number of carboxylic acid groups (broad SMARTS) is 1. The van der Waals surface area contributed by atoms with E-state index >= 15 is 0 Å². The van der Waals surface area contributed by atoms with Gasteiger partial charge < -0.3 is 15.2 Å². The third kappa shape index (κ3) is 7.82. The number of aliphatic carboxylic acids is 1. The van der Waals surface area contributed by atoms with Crippen LogP contribution in [0, 0.1) is 0 Å². The minimum Gasteiger partial charge on any atom is -0.480 e. The first-order chi connectivity index (χ1) is 9.46. The Kier molecular flexibility index (Phi) is 10.7. The van der Waals surface area contributed by atoms with Gasteiger partial charge >= 0.3 is 5.97 Å².